The van der Waals surface area contributed by atoms with Crippen molar-refractivity contribution in [3.8, 4) is 0 Å². The molecule has 0 aromatic heterocycles. The van der Waals surface area contributed by atoms with Crippen molar-refractivity contribution < 1.29 is 9.59 Å². The van der Waals surface area contributed by atoms with E-state index in [1.165, 1.54) is 43.2 Å². The summed E-state index contributed by atoms with van der Waals surface area (Å²) in [6.07, 6.45) is 7.87. The predicted octanol–water partition coefficient (Wildman–Crippen LogP) is 6.93. The van der Waals surface area contributed by atoms with Crippen molar-refractivity contribution >= 4 is 22.6 Å². The van der Waals surface area contributed by atoms with Crippen molar-refractivity contribution in [2.75, 3.05) is 19.6 Å². The van der Waals surface area contributed by atoms with E-state index >= 15 is 0 Å². The lowest BCUT2D eigenvalue weighted by atomic mass is 9.84. The summed E-state index contributed by atoms with van der Waals surface area (Å²) < 4.78 is 0. The predicted molar refractivity (Wildman–Crippen MR) is 174 cm³/mol. The molecule has 2 N–H and O–H groups in total. The molecule has 222 valence electrons. The smallest absolute Gasteiger partial charge is 0.251 e. The number of carbonyl (C=O) groups excluding carboxylic acids is 2. The quantitative estimate of drug-likeness (QED) is 0.228. The molecule has 0 spiro atoms. The van der Waals surface area contributed by atoms with Crippen LogP contribution in [0.15, 0.2) is 103 Å². The molecule has 2 atom stereocenters. The standard InChI is InChI=1S/C38H43N3O2/c42-37(33-21-20-29-14-10-11-19-32(29)25-33)39-26-34-22-23-41(38(43)36(40-34)24-28-12-4-1-5-13-28)27-35(30-15-6-2-7-16-30)31-17-8-3-9-18-31/h2-3,6-11,14-21,25,28,34-36,40H,1,4-5,12-13,22-24,26-27H2,(H,39,42). The summed E-state index contributed by atoms with van der Waals surface area (Å²) in [7, 11) is 0. The minimum atomic E-state index is -0.236. The van der Waals surface area contributed by atoms with Crippen LogP contribution >= 0.6 is 0 Å². The lowest BCUT2D eigenvalue weighted by molar-refractivity contribution is -0.133. The van der Waals surface area contributed by atoms with E-state index in [2.05, 4.69) is 70.1 Å². The van der Waals surface area contributed by atoms with Gasteiger partial charge in [0.05, 0.1) is 6.04 Å². The third kappa shape index (κ3) is 7.34. The Morgan fingerprint density at radius 1 is 0.791 bits per heavy atom. The van der Waals surface area contributed by atoms with Gasteiger partial charge in [-0.3, -0.25) is 9.59 Å². The van der Waals surface area contributed by atoms with Gasteiger partial charge in [0.15, 0.2) is 0 Å². The molecule has 1 saturated heterocycles. The van der Waals surface area contributed by atoms with Gasteiger partial charge in [-0.2, -0.15) is 0 Å². The molecule has 2 fully saturated rings. The second-order valence-corrected chi connectivity index (χ2v) is 12.4. The number of carbonyl (C=O) groups is 2. The molecule has 1 aliphatic heterocycles. The highest BCUT2D eigenvalue weighted by Crippen LogP contribution is 2.30. The minimum Gasteiger partial charge on any atom is -0.350 e. The van der Waals surface area contributed by atoms with Crippen molar-refractivity contribution in [1.82, 2.24) is 15.5 Å². The maximum atomic E-state index is 14.2. The normalized spacial score (nSPS) is 19.8. The van der Waals surface area contributed by atoms with Crippen molar-refractivity contribution in [1.29, 1.82) is 0 Å². The summed E-state index contributed by atoms with van der Waals surface area (Å²) in [5, 5.41) is 9.08. The van der Waals surface area contributed by atoms with Crippen molar-refractivity contribution in [3.63, 3.8) is 0 Å². The highest BCUT2D eigenvalue weighted by molar-refractivity contribution is 5.98. The summed E-state index contributed by atoms with van der Waals surface area (Å²) in [4.78, 5) is 29.5. The van der Waals surface area contributed by atoms with Gasteiger partial charge in [-0.1, -0.05) is 123 Å². The van der Waals surface area contributed by atoms with E-state index < -0.39 is 0 Å². The number of benzene rings is 4. The highest BCUT2D eigenvalue weighted by atomic mass is 16.2. The molecule has 0 bridgehead atoms. The fraction of sp³-hybridized carbons (Fsp3) is 0.368. The lowest BCUT2D eigenvalue weighted by Gasteiger charge is -2.31. The first-order valence-electron chi connectivity index (χ1n) is 16.1. The molecule has 43 heavy (non-hydrogen) atoms. The van der Waals surface area contributed by atoms with Crippen LogP contribution in [-0.2, 0) is 4.79 Å². The number of amides is 2. The number of hydrogen-bond acceptors (Lipinski definition) is 3. The number of nitrogens with one attached hydrogen (secondary N) is 2. The van der Waals surface area contributed by atoms with Crippen LogP contribution in [0.5, 0.6) is 0 Å². The van der Waals surface area contributed by atoms with Crippen LogP contribution in [-0.4, -0.2) is 48.4 Å². The third-order valence-electron chi connectivity index (χ3n) is 9.42. The maximum Gasteiger partial charge on any atom is 0.251 e. The minimum absolute atomic E-state index is 0.0267. The Balaban J connectivity index is 1.19. The van der Waals surface area contributed by atoms with Gasteiger partial charge in [-0.15, -0.1) is 0 Å². The first-order valence-corrected chi connectivity index (χ1v) is 16.1. The van der Waals surface area contributed by atoms with Gasteiger partial charge in [0.1, 0.15) is 0 Å². The SMILES string of the molecule is O=C(NCC1CCN(CC(c2ccccc2)c2ccccc2)C(=O)C(CC2CCCCC2)N1)c1ccc2ccccc2c1. The molecule has 6 rings (SSSR count). The van der Waals surface area contributed by atoms with Gasteiger partial charge in [0.2, 0.25) is 5.91 Å². The molecule has 4 aromatic carbocycles. The monoisotopic (exact) mass is 573 g/mol. The first-order chi connectivity index (χ1) is 21.1. The van der Waals surface area contributed by atoms with E-state index in [1.54, 1.807) is 0 Å². The molecule has 0 radical (unpaired) electrons. The van der Waals surface area contributed by atoms with E-state index in [9.17, 15) is 9.59 Å². The summed E-state index contributed by atoms with van der Waals surface area (Å²) >= 11 is 0. The number of fused-ring (bicyclic) bond motifs is 1. The zero-order chi connectivity index (χ0) is 29.4. The van der Waals surface area contributed by atoms with Gasteiger partial charge < -0.3 is 15.5 Å². The van der Waals surface area contributed by atoms with E-state index in [4.69, 9.17) is 0 Å². The Kier molecular flexibility index (Phi) is 9.49. The van der Waals surface area contributed by atoms with Crippen LogP contribution in [0.4, 0.5) is 0 Å². The van der Waals surface area contributed by atoms with Crippen molar-refractivity contribution in [3.05, 3.63) is 120 Å². The van der Waals surface area contributed by atoms with Crippen LogP contribution < -0.4 is 10.6 Å². The summed E-state index contributed by atoms with van der Waals surface area (Å²) in [6, 6.07) is 34.8. The van der Waals surface area contributed by atoms with E-state index in [0.717, 1.165) is 23.6 Å². The summed E-state index contributed by atoms with van der Waals surface area (Å²) in [5.74, 6) is 0.802. The molecular weight excluding hydrogens is 530 g/mol. The Bertz CT molecular complexity index is 1460. The topological polar surface area (TPSA) is 61.4 Å². The fourth-order valence-corrected chi connectivity index (χ4v) is 6.99. The largest absolute Gasteiger partial charge is 0.350 e. The zero-order valence-corrected chi connectivity index (χ0v) is 25.0. The second-order valence-electron chi connectivity index (χ2n) is 12.4. The van der Waals surface area contributed by atoms with Crippen molar-refractivity contribution in [2.24, 2.45) is 5.92 Å². The Hall–Kier alpha value is -3.96. The Labute approximate surface area is 255 Å². The van der Waals surface area contributed by atoms with Crippen LogP contribution in [0, 0.1) is 5.92 Å². The average molecular weight is 574 g/mol. The number of rotatable bonds is 9. The first kappa shape index (κ1) is 29.1. The molecule has 5 nitrogen and oxygen atoms in total. The van der Waals surface area contributed by atoms with E-state index in [0.29, 0.717) is 31.1 Å². The Morgan fingerprint density at radius 3 is 2.14 bits per heavy atom. The fourth-order valence-electron chi connectivity index (χ4n) is 6.99. The average Bonchev–Trinajstić information content (AvgIpc) is 3.21. The molecule has 1 heterocycles. The van der Waals surface area contributed by atoms with Gasteiger partial charge >= 0.3 is 0 Å². The molecular formula is C38H43N3O2. The molecule has 4 aromatic rings. The molecule has 1 aliphatic carbocycles. The lowest BCUT2D eigenvalue weighted by Crippen LogP contribution is -2.50. The highest BCUT2D eigenvalue weighted by Gasteiger charge is 2.34. The maximum absolute atomic E-state index is 14.2. The number of hydrogen-bond donors (Lipinski definition) is 2. The van der Waals surface area contributed by atoms with Crippen LogP contribution in [0.2, 0.25) is 0 Å². The van der Waals surface area contributed by atoms with Crippen LogP contribution in [0.3, 0.4) is 0 Å². The molecule has 2 unspecified atom stereocenters. The zero-order valence-electron chi connectivity index (χ0n) is 25.0. The van der Waals surface area contributed by atoms with Crippen molar-refractivity contribution in [2.45, 2.75) is 62.9 Å². The second kappa shape index (κ2) is 14.0. The van der Waals surface area contributed by atoms with Crippen LogP contribution in [0.25, 0.3) is 10.8 Å². The van der Waals surface area contributed by atoms with Gasteiger partial charge in [0.25, 0.3) is 5.91 Å². The van der Waals surface area contributed by atoms with E-state index in [1.807, 2.05) is 48.5 Å². The molecule has 5 heteroatoms. The van der Waals surface area contributed by atoms with Gasteiger partial charge in [-0.25, -0.2) is 0 Å². The molecule has 2 amide bonds. The van der Waals surface area contributed by atoms with E-state index in [-0.39, 0.29) is 29.8 Å². The molecule has 2 aliphatic rings. The van der Waals surface area contributed by atoms with Gasteiger partial charge in [-0.05, 0) is 52.8 Å². The third-order valence-corrected chi connectivity index (χ3v) is 9.42. The van der Waals surface area contributed by atoms with Crippen LogP contribution in [0.1, 0.15) is 72.3 Å². The summed E-state index contributed by atoms with van der Waals surface area (Å²) in [5.41, 5.74) is 3.11. The summed E-state index contributed by atoms with van der Waals surface area (Å²) in [6.45, 7) is 1.81. The molecule has 1 saturated carbocycles. The Morgan fingerprint density at radius 2 is 1.44 bits per heavy atom. The number of nitrogens with zero attached hydrogens (tertiary/aromatic N) is 1. The van der Waals surface area contributed by atoms with Gasteiger partial charge in [0, 0.05) is 37.2 Å².